The Bertz CT molecular complexity index is 1070. The van der Waals surface area contributed by atoms with Crippen LogP contribution in [0.2, 0.25) is 0 Å². The summed E-state index contributed by atoms with van der Waals surface area (Å²) in [7, 11) is -4.12. The topological polar surface area (TPSA) is 98.5 Å². The molecule has 3 aromatic rings. The van der Waals surface area contributed by atoms with E-state index in [-0.39, 0.29) is 5.69 Å². The van der Waals surface area contributed by atoms with E-state index in [2.05, 4.69) is 4.72 Å². The van der Waals surface area contributed by atoms with E-state index >= 15 is 0 Å². The Kier molecular flexibility index (Phi) is 5.90. The normalized spacial score (nSPS) is 11.0. The molecule has 0 radical (unpaired) electrons. The summed E-state index contributed by atoms with van der Waals surface area (Å²) in [6, 6.07) is 21.5. The van der Waals surface area contributed by atoms with E-state index in [0.29, 0.717) is 18.8 Å². The number of nitro benzene ring substituents is 1. The number of ether oxygens (including phenoxy) is 1. The van der Waals surface area contributed by atoms with Crippen molar-refractivity contribution in [1.29, 1.82) is 0 Å². The molecule has 7 nitrogen and oxygen atoms in total. The van der Waals surface area contributed by atoms with Gasteiger partial charge in [-0.25, -0.2) is 8.42 Å². The zero-order valence-electron chi connectivity index (χ0n) is 14.8. The lowest BCUT2D eigenvalue weighted by molar-refractivity contribution is -0.387. The Morgan fingerprint density at radius 3 is 2.39 bits per heavy atom. The summed E-state index contributed by atoms with van der Waals surface area (Å²) < 4.78 is 33.2. The zero-order valence-corrected chi connectivity index (χ0v) is 15.6. The molecule has 0 heterocycles. The van der Waals surface area contributed by atoms with Gasteiger partial charge in [-0.1, -0.05) is 48.5 Å². The molecule has 0 saturated heterocycles. The van der Waals surface area contributed by atoms with Crippen molar-refractivity contribution in [2.75, 3.05) is 11.3 Å². The average Bonchev–Trinajstić information content (AvgIpc) is 2.69. The average molecular weight is 398 g/mol. The van der Waals surface area contributed by atoms with Gasteiger partial charge in [-0.2, -0.15) is 0 Å². The fourth-order valence-corrected chi connectivity index (χ4v) is 3.85. The summed E-state index contributed by atoms with van der Waals surface area (Å²) in [5.41, 5.74) is 0.913. The third kappa shape index (κ3) is 4.86. The zero-order chi connectivity index (χ0) is 20.0. The molecule has 0 unspecified atom stereocenters. The Labute approximate surface area is 162 Å². The van der Waals surface area contributed by atoms with E-state index in [1.54, 1.807) is 18.2 Å². The highest BCUT2D eigenvalue weighted by molar-refractivity contribution is 7.92. The molecule has 0 spiro atoms. The highest BCUT2D eigenvalue weighted by atomic mass is 32.2. The maximum Gasteiger partial charge on any atom is 0.289 e. The monoisotopic (exact) mass is 398 g/mol. The number of benzene rings is 3. The van der Waals surface area contributed by atoms with E-state index in [1.807, 2.05) is 30.3 Å². The Hall–Kier alpha value is -3.39. The number of hydrogen-bond donors (Lipinski definition) is 1. The first kappa shape index (κ1) is 19.4. The van der Waals surface area contributed by atoms with Crippen molar-refractivity contribution in [3.63, 3.8) is 0 Å². The minimum Gasteiger partial charge on any atom is -0.493 e. The minimum absolute atomic E-state index is 0.260. The quantitative estimate of drug-likeness (QED) is 0.456. The van der Waals surface area contributed by atoms with E-state index < -0.39 is 25.5 Å². The summed E-state index contributed by atoms with van der Waals surface area (Å²) in [5, 5.41) is 11.1. The van der Waals surface area contributed by atoms with Crippen molar-refractivity contribution in [1.82, 2.24) is 0 Å². The third-order valence-corrected chi connectivity index (χ3v) is 5.37. The van der Waals surface area contributed by atoms with E-state index in [1.165, 1.54) is 24.3 Å². The molecule has 0 aromatic heterocycles. The molecule has 0 aliphatic rings. The van der Waals surface area contributed by atoms with Gasteiger partial charge in [0.1, 0.15) is 5.75 Å². The van der Waals surface area contributed by atoms with Crippen LogP contribution in [0.5, 0.6) is 5.75 Å². The van der Waals surface area contributed by atoms with Crippen LogP contribution < -0.4 is 9.46 Å². The van der Waals surface area contributed by atoms with Crippen LogP contribution in [0.25, 0.3) is 0 Å². The number of para-hydroxylation sites is 1. The Balaban J connectivity index is 1.71. The molecule has 3 aromatic carbocycles. The van der Waals surface area contributed by atoms with Gasteiger partial charge >= 0.3 is 0 Å². The molecular weight excluding hydrogens is 380 g/mol. The maximum atomic E-state index is 12.6. The van der Waals surface area contributed by atoms with Crippen LogP contribution in [0.1, 0.15) is 5.56 Å². The van der Waals surface area contributed by atoms with Gasteiger partial charge in [0.2, 0.25) is 0 Å². The van der Waals surface area contributed by atoms with Gasteiger partial charge in [-0.3, -0.25) is 14.8 Å². The molecule has 8 heteroatoms. The van der Waals surface area contributed by atoms with Crippen molar-refractivity contribution in [3.05, 3.63) is 94.5 Å². The molecule has 1 N–H and O–H groups in total. The lowest BCUT2D eigenvalue weighted by atomic mass is 10.2. The first-order chi connectivity index (χ1) is 13.5. The van der Waals surface area contributed by atoms with Gasteiger partial charge in [0.15, 0.2) is 4.90 Å². The SMILES string of the molecule is O=[N+]([O-])c1ccccc1S(=O)(=O)Nc1cccc(OCCc2ccccc2)c1. The lowest BCUT2D eigenvalue weighted by Gasteiger charge is -2.11. The largest absolute Gasteiger partial charge is 0.493 e. The Morgan fingerprint density at radius 1 is 0.929 bits per heavy atom. The van der Waals surface area contributed by atoms with Crippen molar-refractivity contribution < 1.29 is 18.1 Å². The molecule has 144 valence electrons. The van der Waals surface area contributed by atoms with Crippen molar-refractivity contribution >= 4 is 21.4 Å². The first-order valence-electron chi connectivity index (χ1n) is 8.49. The standard InChI is InChI=1S/C20H18N2O5S/c23-22(24)19-11-4-5-12-20(19)28(25,26)21-17-9-6-10-18(15-17)27-14-13-16-7-2-1-3-8-16/h1-12,15,21H,13-14H2. The number of anilines is 1. The predicted molar refractivity (Wildman–Crippen MR) is 106 cm³/mol. The van der Waals surface area contributed by atoms with Crippen LogP contribution in [0.4, 0.5) is 11.4 Å². The fourth-order valence-electron chi connectivity index (χ4n) is 2.63. The summed E-state index contributed by atoms with van der Waals surface area (Å²) in [6.07, 6.45) is 0.715. The molecule has 0 fully saturated rings. The van der Waals surface area contributed by atoms with Crippen molar-refractivity contribution in [3.8, 4) is 5.75 Å². The minimum atomic E-state index is -4.12. The lowest BCUT2D eigenvalue weighted by Crippen LogP contribution is -2.14. The summed E-state index contributed by atoms with van der Waals surface area (Å²) in [4.78, 5) is 9.99. The second-order valence-electron chi connectivity index (χ2n) is 5.94. The van der Waals surface area contributed by atoms with Crippen LogP contribution in [0, 0.1) is 10.1 Å². The fraction of sp³-hybridized carbons (Fsp3) is 0.100. The summed E-state index contributed by atoms with van der Waals surface area (Å²) in [6.45, 7) is 0.435. The van der Waals surface area contributed by atoms with Crippen LogP contribution in [-0.4, -0.2) is 19.9 Å². The highest BCUT2D eigenvalue weighted by Gasteiger charge is 2.25. The van der Waals surface area contributed by atoms with E-state index in [0.717, 1.165) is 11.6 Å². The van der Waals surface area contributed by atoms with Crippen molar-refractivity contribution in [2.24, 2.45) is 0 Å². The summed E-state index contributed by atoms with van der Waals surface area (Å²) >= 11 is 0. The van der Waals surface area contributed by atoms with Crippen molar-refractivity contribution in [2.45, 2.75) is 11.3 Å². The number of nitrogens with one attached hydrogen (secondary N) is 1. The van der Waals surface area contributed by atoms with Gasteiger partial charge < -0.3 is 4.74 Å². The van der Waals surface area contributed by atoms with E-state index in [4.69, 9.17) is 4.74 Å². The second-order valence-corrected chi connectivity index (χ2v) is 7.59. The second kappa shape index (κ2) is 8.53. The van der Waals surface area contributed by atoms with Gasteiger partial charge in [0.25, 0.3) is 15.7 Å². The highest BCUT2D eigenvalue weighted by Crippen LogP contribution is 2.26. The molecule has 0 atom stereocenters. The van der Waals surface area contributed by atoms with Crippen LogP contribution in [0.3, 0.4) is 0 Å². The number of sulfonamides is 1. The van der Waals surface area contributed by atoms with Crippen LogP contribution in [-0.2, 0) is 16.4 Å². The molecule has 28 heavy (non-hydrogen) atoms. The molecule has 0 aliphatic heterocycles. The number of rotatable bonds is 8. The third-order valence-electron chi connectivity index (χ3n) is 3.94. The van der Waals surface area contributed by atoms with Gasteiger partial charge in [0, 0.05) is 18.6 Å². The molecule has 0 amide bonds. The molecular formula is C20H18N2O5S. The van der Waals surface area contributed by atoms with Crippen LogP contribution in [0.15, 0.2) is 83.8 Å². The first-order valence-corrected chi connectivity index (χ1v) is 9.97. The van der Waals surface area contributed by atoms with Gasteiger partial charge in [-0.05, 0) is 23.8 Å². The molecule has 0 aliphatic carbocycles. The van der Waals surface area contributed by atoms with Gasteiger partial charge in [0.05, 0.1) is 17.2 Å². The van der Waals surface area contributed by atoms with E-state index in [9.17, 15) is 18.5 Å². The number of hydrogen-bond acceptors (Lipinski definition) is 5. The molecule has 0 saturated carbocycles. The van der Waals surface area contributed by atoms with Gasteiger partial charge in [-0.15, -0.1) is 0 Å². The van der Waals surface area contributed by atoms with Crippen LogP contribution >= 0.6 is 0 Å². The number of nitro groups is 1. The number of nitrogens with zero attached hydrogens (tertiary/aromatic N) is 1. The molecule has 3 rings (SSSR count). The maximum absolute atomic E-state index is 12.6. The Morgan fingerprint density at radius 2 is 1.64 bits per heavy atom. The summed E-state index contributed by atoms with van der Waals surface area (Å²) in [5.74, 6) is 0.499. The predicted octanol–water partition coefficient (Wildman–Crippen LogP) is 4.02. The molecule has 0 bridgehead atoms. The smallest absolute Gasteiger partial charge is 0.289 e.